The zero-order valence-electron chi connectivity index (χ0n) is 12.8. The van der Waals surface area contributed by atoms with Gasteiger partial charge in [-0.05, 0) is 38.1 Å². The normalized spacial score (nSPS) is 10.6. The van der Waals surface area contributed by atoms with Crippen LogP contribution in [0.1, 0.15) is 32.3 Å². The first-order valence-corrected chi connectivity index (χ1v) is 7.32. The van der Waals surface area contributed by atoms with Gasteiger partial charge in [-0.25, -0.2) is 0 Å². The van der Waals surface area contributed by atoms with E-state index >= 15 is 0 Å². The number of unbranched alkanes of at least 4 members (excludes halogenated alkanes) is 1. The Labute approximate surface area is 122 Å². The summed E-state index contributed by atoms with van der Waals surface area (Å²) in [4.78, 5) is 13.7. The van der Waals surface area contributed by atoms with E-state index in [1.54, 1.807) is 0 Å². The smallest absolute Gasteiger partial charge is 0.234 e. The highest BCUT2D eigenvalue weighted by molar-refractivity contribution is 5.77. The van der Waals surface area contributed by atoms with Crippen LogP contribution in [0.25, 0.3) is 0 Å². The predicted molar refractivity (Wildman–Crippen MR) is 81.9 cm³/mol. The number of likely N-dealkylation sites (N-methyl/N-ethyl adjacent to an activating group) is 1. The predicted octanol–water partition coefficient (Wildman–Crippen LogP) is 2.43. The van der Waals surface area contributed by atoms with Crippen LogP contribution < -0.4 is 10.1 Å². The maximum absolute atomic E-state index is 11.7. The van der Waals surface area contributed by atoms with Crippen LogP contribution in [0.3, 0.4) is 0 Å². The molecule has 0 aromatic heterocycles. The molecule has 0 unspecified atom stereocenters. The number of nitrogens with one attached hydrogen (secondary N) is 1. The van der Waals surface area contributed by atoms with Crippen molar-refractivity contribution < 1.29 is 9.53 Å². The van der Waals surface area contributed by atoms with E-state index in [0.29, 0.717) is 13.2 Å². The van der Waals surface area contributed by atoms with Crippen LogP contribution >= 0.6 is 0 Å². The minimum absolute atomic E-state index is 0.0897. The van der Waals surface area contributed by atoms with Gasteiger partial charge in [0.05, 0.1) is 13.2 Å². The van der Waals surface area contributed by atoms with E-state index < -0.39 is 0 Å². The van der Waals surface area contributed by atoms with E-state index in [-0.39, 0.29) is 5.91 Å². The number of amides is 1. The maximum Gasteiger partial charge on any atom is 0.234 e. The van der Waals surface area contributed by atoms with Crippen LogP contribution in [0, 0.1) is 0 Å². The van der Waals surface area contributed by atoms with Gasteiger partial charge >= 0.3 is 0 Å². The monoisotopic (exact) mass is 278 g/mol. The topological polar surface area (TPSA) is 41.6 Å². The van der Waals surface area contributed by atoms with Gasteiger partial charge in [0.2, 0.25) is 5.91 Å². The SMILES string of the molecule is CCCCNC(=O)CN(C)Cc1ccc(OCC)cc1. The summed E-state index contributed by atoms with van der Waals surface area (Å²) in [6, 6.07) is 8.01. The van der Waals surface area contributed by atoms with Gasteiger partial charge in [-0.15, -0.1) is 0 Å². The minimum atomic E-state index is 0.0897. The summed E-state index contributed by atoms with van der Waals surface area (Å²) in [5.74, 6) is 0.975. The molecule has 0 fully saturated rings. The number of carbonyl (C=O) groups excluding carboxylic acids is 1. The molecule has 1 amide bonds. The molecule has 0 bridgehead atoms. The molecule has 1 N–H and O–H groups in total. The third kappa shape index (κ3) is 6.57. The van der Waals surface area contributed by atoms with E-state index in [4.69, 9.17) is 4.74 Å². The van der Waals surface area contributed by atoms with E-state index in [9.17, 15) is 4.79 Å². The van der Waals surface area contributed by atoms with Crippen molar-refractivity contribution in [2.45, 2.75) is 33.2 Å². The highest BCUT2D eigenvalue weighted by Gasteiger charge is 2.06. The molecular weight excluding hydrogens is 252 g/mol. The number of rotatable bonds is 9. The van der Waals surface area contributed by atoms with Crippen LogP contribution in [-0.4, -0.2) is 37.6 Å². The lowest BCUT2D eigenvalue weighted by molar-refractivity contribution is -0.122. The van der Waals surface area contributed by atoms with Crippen molar-refractivity contribution >= 4 is 5.91 Å². The van der Waals surface area contributed by atoms with Gasteiger partial charge in [0.1, 0.15) is 5.75 Å². The van der Waals surface area contributed by atoms with Crippen molar-refractivity contribution in [2.24, 2.45) is 0 Å². The van der Waals surface area contributed by atoms with Gasteiger partial charge in [-0.3, -0.25) is 9.69 Å². The molecule has 1 aromatic carbocycles. The fraction of sp³-hybridized carbons (Fsp3) is 0.562. The quantitative estimate of drug-likeness (QED) is 0.705. The first-order chi connectivity index (χ1) is 9.65. The Morgan fingerprint density at radius 2 is 1.95 bits per heavy atom. The second kappa shape index (κ2) is 9.37. The second-order valence-electron chi connectivity index (χ2n) is 4.95. The van der Waals surface area contributed by atoms with Gasteiger partial charge in [0.15, 0.2) is 0 Å². The summed E-state index contributed by atoms with van der Waals surface area (Å²) in [6.45, 7) is 6.72. The number of carbonyl (C=O) groups is 1. The highest BCUT2D eigenvalue weighted by Crippen LogP contribution is 2.13. The summed E-state index contributed by atoms with van der Waals surface area (Å²) in [6.07, 6.45) is 2.14. The summed E-state index contributed by atoms with van der Waals surface area (Å²) < 4.78 is 5.41. The molecule has 0 heterocycles. The van der Waals surface area contributed by atoms with E-state index in [1.807, 2.05) is 43.1 Å². The molecule has 1 rings (SSSR count). The highest BCUT2D eigenvalue weighted by atomic mass is 16.5. The Morgan fingerprint density at radius 3 is 2.55 bits per heavy atom. The molecule has 112 valence electrons. The fourth-order valence-corrected chi connectivity index (χ4v) is 1.93. The molecule has 0 radical (unpaired) electrons. The number of benzene rings is 1. The average molecular weight is 278 g/mol. The Kier molecular flexibility index (Phi) is 7.73. The van der Waals surface area contributed by atoms with Crippen LogP contribution in [0.5, 0.6) is 5.75 Å². The van der Waals surface area contributed by atoms with Gasteiger partial charge in [0, 0.05) is 13.1 Å². The lowest BCUT2D eigenvalue weighted by Gasteiger charge is -2.16. The van der Waals surface area contributed by atoms with E-state index in [1.165, 1.54) is 5.56 Å². The maximum atomic E-state index is 11.7. The molecule has 1 aromatic rings. The fourth-order valence-electron chi connectivity index (χ4n) is 1.93. The number of nitrogens with zero attached hydrogens (tertiary/aromatic N) is 1. The van der Waals surface area contributed by atoms with Crippen molar-refractivity contribution in [3.05, 3.63) is 29.8 Å². The standard InChI is InChI=1S/C16H26N2O2/c1-4-6-11-17-16(19)13-18(3)12-14-7-9-15(10-8-14)20-5-2/h7-10H,4-6,11-13H2,1-3H3,(H,17,19). The van der Waals surface area contributed by atoms with Crippen LogP contribution in [0.15, 0.2) is 24.3 Å². The number of hydrogen-bond acceptors (Lipinski definition) is 3. The summed E-state index contributed by atoms with van der Waals surface area (Å²) in [5.41, 5.74) is 1.18. The van der Waals surface area contributed by atoms with Gasteiger partial charge < -0.3 is 10.1 Å². The van der Waals surface area contributed by atoms with Gasteiger partial charge in [0.25, 0.3) is 0 Å². The molecular formula is C16H26N2O2. The zero-order chi connectivity index (χ0) is 14.8. The third-order valence-electron chi connectivity index (χ3n) is 2.95. The molecule has 0 spiro atoms. The minimum Gasteiger partial charge on any atom is -0.494 e. The molecule has 0 aliphatic heterocycles. The number of hydrogen-bond donors (Lipinski definition) is 1. The summed E-state index contributed by atoms with van der Waals surface area (Å²) >= 11 is 0. The zero-order valence-corrected chi connectivity index (χ0v) is 12.8. The summed E-state index contributed by atoms with van der Waals surface area (Å²) in [5, 5.41) is 2.93. The van der Waals surface area contributed by atoms with E-state index in [2.05, 4.69) is 12.2 Å². The molecule has 0 atom stereocenters. The van der Waals surface area contributed by atoms with Crippen molar-refractivity contribution in [1.29, 1.82) is 0 Å². The molecule has 4 heteroatoms. The van der Waals surface area contributed by atoms with Gasteiger partial charge in [-0.2, -0.15) is 0 Å². The Hall–Kier alpha value is -1.55. The van der Waals surface area contributed by atoms with Crippen molar-refractivity contribution in [1.82, 2.24) is 10.2 Å². The van der Waals surface area contributed by atoms with Crippen molar-refractivity contribution in [3.63, 3.8) is 0 Å². The molecule has 0 saturated carbocycles. The molecule has 4 nitrogen and oxygen atoms in total. The molecule has 0 aliphatic rings. The van der Waals surface area contributed by atoms with Crippen LogP contribution in [0.4, 0.5) is 0 Å². The lowest BCUT2D eigenvalue weighted by Crippen LogP contribution is -2.35. The van der Waals surface area contributed by atoms with E-state index in [0.717, 1.165) is 31.7 Å². The van der Waals surface area contributed by atoms with Crippen LogP contribution in [0.2, 0.25) is 0 Å². The Balaban J connectivity index is 2.33. The molecule has 0 saturated heterocycles. The van der Waals surface area contributed by atoms with Gasteiger partial charge in [-0.1, -0.05) is 25.5 Å². The second-order valence-corrected chi connectivity index (χ2v) is 4.95. The molecule has 0 aliphatic carbocycles. The molecule has 20 heavy (non-hydrogen) atoms. The third-order valence-corrected chi connectivity index (χ3v) is 2.95. The summed E-state index contributed by atoms with van der Waals surface area (Å²) in [7, 11) is 1.95. The first-order valence-electron chi connectivity index (χ1n) is 7.32. The Morgan fingerprint density at radius 1 is 1.25 bits per heavy atom. The average Bonchev–Trinajstić information content (AvgIpc) is 2.41. The largest absolute Gasteiger partial charge is 0.494 e. The first kappa shape index (κ1) is 16.5. The van der Waals surface area contributed by atoms with Crippen molar-refractivity contribution in [2.75, 3.05) is 26.7 Å². The number of ether oxygens (including phenoxy) is 1. The lowest BCUT2D eigenvalue weighted by atomic mass is 10.2. The Bertz CT molecular complexity index is 390. The van der Waals surface area contributed by atoms with Crippen LogP contribution in [-0.2, 0) is 11.3 Å². The van der Waals surface area contributed by atoms with Crippen molar-refractivity contribution in [3.8, 4) is 5.75 Å².